The molecule has 1 atom stereocenters. The standard InChI is InChI=1S/C10H14N4O2/c11-10(8-7-12-4-5-13-8)3-1-2-6-14(10)9(15)16/h4-5,7H,1-3,6,11H2,(H,15,16). The maximum absolute atomic E-state index is 11.1. The average molecular weight is 222 g/mol. The van der Waals surface area contributed by atoms with Gasteiger partial charge in [-0.15, -0.1) is 0 Å². The summed E-state index contributed by atoms with van der Waals surface area (Å²) in [5.41, 5.74) is 5.65. The van der Waals surface area contributed by atoms with Crippen LogP contribution in [-0.2, 0) is 5.66 Å². The van der Waals surface area contributed by atoms with Gasteiger partial charge in [0.15, 0.2) is 0 Å². The molecule has 16 heavy (non-hydrogen) atoms. The molecule has 0 spiro atoms. The van der Waals surface area contributed by atoms with E-state index in [0.717, 1.165) is 12.8 Å². The van der Waals surface area contributed by atoms with Crippen LogP contribution in [-0.4, -0.2) is 32.6 Å². The molecule has 1 aromatic heterocycles. The van der Waals surface area contributed by atoms with Gasteiger partial charge < -0.3 is 10.8 Å². The molecule has 0 saturated carbocycles. The smallest absolute Gasteiger partial charge is 0.409 e. The zero-order valence-corrected chi connectivity index (χ0v) is 8.83. The minimum absolute atomic E-state index is 0.447. The minimum Gasteiger partial charge on any atom is -0.465 e. The van der Waals surface area contributed by atoms with Gasteiger partial charge in [-0.1, -0.05) is 0 Å². The van der Waals surface area contributed by atoms with Gasteiger partial charge in [-0.3, -0.25) is 14.9 Å². The number of nitrogens with two attached hydrogens (primary N) is 1. The molecular formula is C10H14N4O2. The second-order valence-electron chi connectivity index (χ2n) is 3.91. The first-order valence-electron chi connectivity index (χ1n) is 5.20. The van der Waals surface area contributed by atoms with Crippen molar-refractivity contribution in [2.24, 2.45) is 5.73 Å². The van der Waals surface area contributed by atoms with Crippen LogP contribution in [0, 0.1) is 0 Å². The van der Waals surface area contributed by atoms with Crippen molar-refractivity contribution in [2.75, 3.05) is 6.54 Å². The Morgan fingerprint density at radius 3 is 2.94 bits per heavy atom. The lowest BCUT2D eigenvalue weighted by Gasteiger charge is -2.41. The van der Waals surface area contributed by atoms with Gasteiger partial charge in [-0.2, -0.15) is 0 Å². The summed E-state index contributed by atoms with van der Waals surface area (Å²) in [5, 5.41) is 9.13. The van der Waals surface area contributed by atoms with Gasteiger partial charge in [-0.05, 0) is 19.3 Å². The molecule has 86 valence electrons. The maximum Gasteiger partial charge on any atom is 0.409 e. The number of aromatic nitrogens is 2. The lowest BCUT2D eigenvalue weighted by atomic mass is 9.93. The maximum atomic E-state index is 11.1. The first-order chi connectivity index (χ1) is 7.64. The fourth-order valence-corrected chi connectivity index (χ4v) is 2.05. The van der Waals surface area contributed by atoms with Gasteiger partial charge >= 0.3 is 6.09 Å². The number of hydrogen-bond acceptors (Lipinski definition) is 4. The van der Waals surface area contributed by atoms with E-state index in [1.165, 1.54) is 17.3 Å². The molecule has 1 saturated heterocycles. The van der Waals surface area contributed by atoms with Gasteiger partial charge in [0.05, 0.1) is 11.9 Å². The topological polar surface area (TPSA) is 92.3 Å². The molecule has 0 aromatic carbocycles. The first kappa shape index (κ1) is 10.8. The number of amides is 1. The van der Waals surface area contributed by atoms with E-state index in [-0.39, 0.29) is 0 Å². The highest BCUT2D eigenvalue weighted by Crippen LogP contribution is 2.31. The highest BCUT2D eigenvalue weighted by molar-refractivity contribution is 5.66. The average Bonchev–Trinajstić information content (AvgIpc) is 2.30. The van der Waals surface area contributed by atoms with Crippen LogP contribution in [0.5, 0.6) is 0 Å². The Hall–Kier alpha value is -1.69. The highest BCUT2D eigenvalue weighted by Gasteiger charge is 2.41. The first-order valence-corrected chi connectivity index (χ1v) is 5.20. The van der Waals surface area contributed by atoms with Crippen molar-refractivity contribution >= 4 is 6.09 Å². The van der Waals surface area contributed by atoms with Gasteiger partial charge in [0.25, 0.3) is 0 Å². The molecule has 2 heterocycles. The Kier molecular flexibility index (Phi) is 2.74. The molecule has 6 nitrogen and oxygen atoms in total. The third-order valence-electron chi connectivity index (χ3n) is 2.91. The number of carbonyl (C=O) groups is 1. The normalized spacial score (nSPS) is 25.4. The fourth-order valence-electron chi connectivity index (χ4n) is 2.05. The van der Waals surface area contributed by atoms with Crippen molar-refractivity contribution in [2.45, 2.75) is 24.9 Å². The van der Waals surface area contributed by atoms with E-state index in [1.807, 2.05) is 0 Å². The third-order valence-corrected chi connectivity index (χ3v) is 2.91. The zero-order chi connectivity index (χ0) is 11.6. The van der Waals surface area contributed by atoms with Gasteiger partial charge in [-0.25, -0.2) is 4.79 Å². The van der Waals surface area contributed by atoms with Crippen molar-refractivity contribution in [1.82, 2.24) is 14.9 Å². The van der Waals surface area contributed by atoms with Gasteiger partial charge in [0.1, 0.15) is 5.66 Å². The number of piperidine rings is 1. The lowest BCUT2D eigenvalue weighted by molar-refractivity contribution is 0.0454. The zero-order valence-electron chi connectivity index (χ0n) is 8.83. The Labute approximate surface area is 93.1 Å². The summed E-state index contributed by atoms with van der Waals surface area (Å²) < 4.78 is 0. The van der Waals surface area contributed by atoms with Crippen LogP contribution in [0.4, 0.5) is 4.79 Å². The number of nitrogens with zero attached hydrogens (tertiary/aromatic N) is 3. The van der Waals surface area contributed by atoms with Crippen molar-refractivity contribution in [3.63, 3.8) is 0 Å². The van der Waals surface area contributed by atoms with E-state index in [4.69, 9.17) is 10.8 Å². The lowest BCUT2D eigenvalue weighted by Crippen LogP contribution is -2.58. The van der Waals surface area contributed by atoms with Crippen LogP contribution >= 0.6 is 0 Å². The second-order valence-corrected chi connectivity index (χ2v) is 3.91. The quantitative estimate of drug-likeness (QED) is 0.731. The number of carboxylic acid groups (broad SMARTS) is 1. The van der Waals surface area contributed by atoms with E-state index in [1.54, 1.807) is 6.20 Å². The van der Waals surface area contributed by atoms with Gasteiger partial charge in [0, 0.05) is 18.9 Å². The largest absolute Gasteiger partial charge is 0.465 e. The predicted octanol–water partition coefficient (Wildman–Crippen LogP) is 0.752. The van der Waals surface area contributed by atoms with Crippen LogP contribution in [0.3, 0.4) is 0 Å². The summed E-state index contributed by atoms with van der Waals surface area (Å²) in [4.78, 5) is 20.4. The molecule has 2 rings (SSSR count). The molecule has 1 fully saturated rings. The molecule has 1 unspecified atom stereocenters. The molecule has 1 aliphatic heterocycles. The summed E-state index contributed by atoms with van der Waals surface area (Å²) in [6.07, 6.45) is 5.91. The molecule has 3 N–H and O–H groups in total. The van der Waals surface area contributed by atoms with E-state index in [0.29, 0.717) is 18.7 Å². The summed E-state index contributed by atoms with van der Waals surface area (Å²) in [6.45, 7) is 0.447. The third kappa shape index (κ3) is 1.71. The van der Waals surface area contributed by atoms with Crippen LogP contribution < -0.4 is 5.73 Å². The second kappa shape index (κ2) is 4.05. The predicted molar refractivity (Wildman–Crippen MR) is 56.5 cm³/mol. The Balaban J connectivity index is 2.37. The van der Waals surface area contributed by atoms with Crippen molar-refractivity contribution in [3.8, 4) is 0 Å². The molecule has 1 amide bonds. The van der Waals surface area contributed by atoms with Crippen LogP contribution in [0.2, 0.25) is 0 Å². The minimum atomic E-state index is -1.03. The summed E-state index contributed by atoms with van der Waals surface area (Å²) in [5.74, 6) is 0. The van der Waals surface area contributed by atoms with E-state index in [9.17, 15) is 4.79 Å². The Bertz CT molecular complexity index is 384. The summed E-state index contributed by atoms with van der Waals surface area (Å²) in [6, 6.07) is 0. The van der Waals surface area contributed by atoms with Gasteiger partial charge in [0.2, 0.25) is 0 Å². The number of rotatable bonds is 1. The monoisotopic (exact) mass is 222 g/mol. The summed E-state index contributed by atoms with van der Waals surface area (Å²) >= 11 is 0. The van der Waals surface area contributed by atoms with Crippen molar-refractivity contribution < 1.29 is 9.90 Å². The molecule has 1 aromatic rings. The SMILES string of the molecule is NC1(c2cnccn2)CCCCN1C(=O)O. The van der Waals surface area contributed by atoms with Crippen LogP contribution in [0.15, 0.2) is 18.6 Å². The van der Waals surface area contributed by atoms with Crippen LogP contribution in [0.25, 0.3) is 0 Å². The Morgan fingerprint density at radius 2 is 2.31 bits per heavy atom. The van der Waals surface area contributed by atoms with E-state index >= 15 is 0 Å². The molecule has 0 bridgehead atoms. The summed E-state index contributed by atoms with van der Waals surface area (Å²) in [7, 11) is 0. The molecule has 0 radical (unpaired) electrons. The number of hydrogen-bond donors (Lipinski definition) is 2. The Morgan fingerprint density at radius 1 is 1.50 bits per heavy atom. The van der Waals surface area contributed by atoms with Crippen LogP contribution in [0.1, 0.15) is 25.0 Å². The van der Waals surface area contributed by atoms with E-state index in [2.05, 4.69) is 9.97 Å². The van der Waals surface area contributed by atoms with Crippen molar-refractivity contribution in [1.29, 1.82) is 0 Å². The van der Waals surface area contributed by atoms with Crippen molar-refractivity contribution in [3.05, 3.63) is 24.3 Å². The highest BCUT2D eigenvalue weighted by atomic mass is 16.4. The molecule has 0 aliphatic carbocycles. The fraction of sp³-hybridized carbons (Fsp3) is 0.500. The molecule has 1 aliphatic rings. The van der Waals surface area contributed by atoms with E-state index < -0.39 is 11.8 Å². The molecular weight excluding hydrogens is 208 g/mol. The molecule has 6 heteroatoms. The number of likely N-dealkylation sites (tertiary alicyclic amines) is 1.